The van der Waals surface area contributed by atoms with E-state index in [-0.39, 0.29) is 16.7 Å². The fraction of sp³-hybridized carbons (Fsp3) is 0.0984. The molecule has 0 aliphatic heterocycles. The maximum absolute atomic E-state index is 15.2. The summed E-state index contributed by atoms with van der Waals surface area (Å²) in [6, 6.07) is 50.1. The monoisotopic (exact) mass is 983 g/mol. The van der Waals surface area contributed by atoms with Gasteiger partial charge in [0.1, 0.15) is 0 Å². The molecule has 0 saturated carbocycles. The van der Waals surface area contributed by atoms with Gasteiger partial charge in [-0.15, -0.1) is 0 Å². The first-order valence-electron chi connectivity index (χ1n) is 23.1. The van der Waals surface area contributed by atoms with Gasteiger partial charge in [0.2, 0.25) is 0 Å². The standard InChI is InChI=1S/C61H38F9N3/c1-34-23-40(28-42(25-34)59(62,63)64)38-16-21-55-50(30-38)45-10-4-6-13-53(45)72(55)44-18-19-47(58-36(3)9-8-12-52(58)61(68,69)70)48(32-44)49-27-37(33-71)15-20-56(49)73-54-14-7-5-11-46(54)51-31-39(17-22-57(51)73)41-24-35(2)26-43(29-41)60(65,66)67/h4-32H,1-3H3. The Labute approximate surface area is 412 Å². The van der Waals surface area contributed by atoms with Crippen molar-refractivity contribution < 1.29 is 39.5 Å². The number of fused-ring (bicyclic) bond motifs is 6. The van der Waals surface area contributed by atoms with Crippen LogP contribution in [0.2, 0.25) is 0 Å². The van der Waals surface area contributed by atoms with Crippen LogP contribution in [0.15, 0.2) is 176 Å². The molecule has 0 atom stereocenters. The van der Waals surface area contributed by atoms with E-state index >= 15 is 13.2 Å². The average molecular weight is 984 g/mol. The highest BCUT2D eigenvalue weighted by Crippen LogP contribution is 2.47. The van der Waals surface area contributed by atoms with Crippen molar-refractivity contribution in [2.24, 2.45) is 0 Å². The molecule has 0 N–H and O–H groups in total. The number of aromatic nitrogens is 2. The first-order valence-corrected chi connectivity index (χ1v) is 23.1. The summed E-state index contributed by atoms with van der Waals surface area (Å²) in [4.78, 5) is 0. The third kappa shape index (κ3) is 8.15. The van der Waals surface area contributed by atoms with E-state index < -0.39 is 35.2 Å². The van der Waals surface area contributed by atoms with E-state index in [9.17, 15) is 31.6 Å². The molecule has 11 aromatic rings. The van der Waals surface area contributed by atoms with Gasteiger partial charge in [-0.1, -0.05) is 78.9 Å². The van der Waals surface area contributed by atoms with Crippen molar-refractivity contribution in [3.8, 4) is 62.0 Å². The molecule has 0 bridgehead atoms. The van der Waals surface area contributed by atoms with Crippen molar-refractivity contribution in [3.05, 3.63) is 215 Å². The summed E-state index contributed by atoms with van der Waals surface area (Å²) in [5.41, 5.74) is 5.66. The zero-order chi connectivity index (χ0) is 51.3. The van der Waals surface area contributed by atoms with E-state index in [1.54, 1.807) is 87.5 Å². The van der Waals surface area contributed by atoms with Gasteiger partial charge in [-0.3, -0.25) is 0 Å². The fourth-order valence-corrected chi connectivity index (χ4v) is 10.5. The normalized spacial score (nSPS) is 12.4. The minimum absolute atomic E-state index is 0.0589. The Kier molecular flexibility index (Phi) is 10.9. The second-order valence-corrected chi connectivity index (χ2v) is 18.4. The van der Waals surface area contributed by atoms with Crippen LogP contribution < -0.4 is 0 Å². The Morgan fingerprint density at radius 3 is 1.48 bits per heavy atom. The second kappa shape index (κ2) is 17.1. The molecular weight excluding hydrogens is 946 g/mol. The molecule has 0 radical (unpaired) electrons. The predicted octanol–water partition coefficient (Wildman–Crippen LogP) is 18.4. The largest absolute Gasteiger partial charge is 0.417 e. The van der Waals surface area contributed by atoms with Crippen LogP contribution in [-0.4, -0.2) is 9.13 Å². The van der Waals surface area contributed by atoms with Gasteiger partial charge in [-0.25, -0.2) is 0 Å². The van der Waals surface area contributed by atoms with Crippen LogP contribution in [0.3, 0.4) is 0 Å². The van der Waals surface area contributed by atoms with Crippen molar-refractivity contribution >= 4 is 43.6 Å². The van der Waals surface area contributed by atoms with Crippen LogP contribution in [0.1, 0.15) is 38.9 Å². The number of hydrogen-bond acceptors (Lipinski definition) is 1. The summed E-state index contributed by atoms with van der Waals surface area (Å²) in [7, 11) is 0. The van der Waals surface area contributed by atoms with Gasteiger partial charge in [-0.05, 0) is 173 Å². The summed E-state index contributed by atoms with van der Waals surface area (Å²) in [6.07, 6.45) is -13.9. The van der Waals surface area contributed by atoms with Gasteiger partial charge < -0.3 is 9.13 Å². The maximum atomic E-state index is 15.2. The van der Waals surface area contributed by atoms with Crippen LogP contribution in [0.25, 0.3) is 99.5 Å². The second-order valence-electron chi connectivity index (χ2n) is 18.4. The quantitative estimate of drug-likeness (QED) is 0.153. The molecular formula is C61H38F9N3. The lowest BCUT2D eigenvalue weighted by Crippen LogP contribution is -2.09. The zero-order valence-corrected chi connectivity index (χ0v) is 39.0. The van der Waals surface area contributed by atoms with Crippen molar-refractivity contribution in [1.29, 1.82) is 5.26 Å². The number of alkyl halides is 9. The lowest BCUT2D eigenvalue weighted by atomic mass is 9.87. The predicted molar refractivity (Wildman–Crippen MR) is 271 cm³/mol. The topological polar surface area (TPSA) is 33.6 Å². The van der Waals surface area contributed by atoms with E-state index in [4.69, 9.17) is 0 Å². The van der Waals surface area contributed by atoms with Gasteiger partial charge in [0.05, 0.1) is 56.1 Å². The lowest BCUT2D eigenvalue weighted by Gasteiger charge is -2.22. The van der Waals surface area contributed by atoms with E-state index in [1.165, 1.54) is 6.07 Å². The first-order chi connectivity index (χ1) is 34.8. The number of halogens is 9. The Balaban J connectivity index is 1.19. The zero-order valence-electron chi connectivity index (χ0n) is 39.0. The molecule has 0 saturated heterocycles. The van der Waals surface area contributed by atoms with Crippen LogP contribution in [0, 0.1) is 32.1 Å². The van der Waals surface area contributed by atoms with Crippen molar-refractivity contribution in [2.45, 2.75) is 39.3 Å². The number of nitriles is 1. The van der Waals surface area contributed by atoms with E-state index in [2.05, 4.69) is 6.07 Å². The van der Waals surface area contributed by atoms with Crippen LogP contribution in [0.4, 0.5) is 39.5 Å². The minimum Gasteiger partial charge on any atom is -0.309 e. The Bertz CT molecular complexity index is 4100. The first kappa shape index (κ1) is 46.8. The van der Waals surface area contributed by atoms with E-state index in [0.717, 1.165) is 52.0 Å². The number of hydrogen-bond donors (Lipinski definition) is 0. The number of para-hydroxylation sites is 2. The van der Waals surface area contributed by atoms with Gasteiger partial charge in [-0.2, -0.15) is 44.8 Å². The van der Waals surface area contributed by atoms with Gasteiger partial charge in [0.25, 0.3) is 0 Å². The number of nitrogens with zero attached hydrogens (tertiary/aromatic N) is 3. The molecule has 11 rings (SSSR count). The van der Waals surface area contributed by atoms with Crippen LogP contribution >= 0.6 is 0 Å². The Hall–Kier alpha value is -8.56. The molecule has 2 heterocycles. The molecule has 9 aromatic carbocycles. The molecule has 0 spiro atoms. The molecule has 0 aliphatic carbocycles. The summed E-state index contributed by atoms with van der Waals surface area (Å²) in [5.74, 6) is 0. The maximum Gasteiger partial charge on any atom is 0.417 e. The molecule has 73 heavy (non-hydrogen) atoms. The molecule has 0 aliphatic rings. The minimum atomic E-state index is -4.76. The third-order valence-electron chi connectivity index (χ3n) is 13.6. The summed E-state index contributed by atoms with van der Waals surface area (Å²) >= 11 is 0. The summed E-state index contributed by atoms with van der Waals surface area (Å²) in [5, 5.41) is 13.4. The summed E-state index contributed by atoms with van der Waals surface area (Å²) < 4.78 is 134. The number of benzene rings is 9. The molecule has 12 heteroatoms. The van der Waals surface area contributed by atoms with Crippen molar-refractivity contribution in [2.75, 3.05) is 0 Å². The van der Waals surface area contributed by atoms with Gasteiger partial charge in [0.15, 0.2) is 0 Å². The molecule has 0 fully saturated rings. The average Bonchev–Trinajstić information content (AvgIpc) is 3.87. The van der Waals surface area contributed by atoms with E-state index in [0.29, 0.717) is 83.4 Å². The van der Waals surface area contributed by atoms with Gasteiger partial charge >= 0.3 is 18.5 Å². The van der Waals surface area contributed by atoms with Crippen LogP contribution in [0.5, 0.6) is 0 Å². The molecule has 0 unspecified atom stereocenters. The number of aryl methyl sites for hydroxylation is 3. The fourth-order valence-electron chi connectivity index (χ4n) is 10.5. The number of rotatable bonds is 6. The highest BCUT2D eigenvalue weighted by molar-refractivity contribution is 6.12. The lowest BCUT2D eigenvalue weighted by molar-refractivity contribution is -0.138. The Morgan fingerprint density at radius 1 is 0.397 bits per heavy atom. The molecule has 2 aromatic heterocycles. The van der Waals surface area contributed by atoms with Crippen molar-refractivity contribution in [3.63, 3.8) is 0 Å². The smallest absolute Gasteiger partial charge is 0.309 e. The van der Waals surface area contributed by atoms with Crippen LogP contribution in [-0.2, 0) is 18.5 Å². The highest BCUT2D eigenvalue weighted by Gasteiger charge is 2.36. The molecule has 3 nitrogen and oxygen atoms in total. The summed E-state index contributed by atoms with van der Waals surface area (Å²) in [6.45, 7) is 4.83. The third-order valence-corrected chi connectivity index (χ3v) is 13.6. The highest BCUT2D eigenvalue weighted by atomic mass is 19.4. The SMILES string of the molecule is Cc1cc(-c2ccc3c(c2)c2ccccc2n3-c2ccc(-c3c(C)cccc3C(F)(F)F)c(-c3cc(C#N)ccc3-n3c4ccccc4c4cc(-c5cc(C)cc(C(F)(F)F)c5)ccc43)c2)cc(C(F)(F)F)c1. The van der Waals surface area contributed by atoms with Crippen molar-refractivity contribution in [1.82, 2.24) is 9.13 Å². The molecule has 360 valence electrons. The molecule has 0 amide bonds. The van der Waals surface area contributed by atoms with Gasteiger partial charge in [0, 0.05) is 32.8 Å². The Morgan fingerprint density at radius 2 is 0.932 bits per heavy atom. The van der Waals surface area contributed by atoms with E-state index in [1.807, 2.05) is 81.9 Å².